The number of rotatable bonds is 5. The SMILES string of the molecule is COc1ncccc1C(=O)Nc1ccc(C(=O)N2CCC(C(=O)O)CC2)cc1. The fourth-order valence-corrected chi connectivity index (χ4v) is 3.13. The first kappa shape index (κ1) is 19.3. The Kier molecular flexibility index (Phi) is 5.88. The normalized spacial score (nSPS) is 14.4. The highest BCUT2D eigenvalue weighted by atomic mass is 16.5. The van der Waals surface area contributed by atoms with Crippen LogP contribution >= 0.6 is 0 Å². The van der Waals surface area contributed by atoms with E-state index in [1.54, 1.807) is 41.3 Å². The quantitative estimate of drug-likeness (QED) is 0.820. The van der Waals surface area contributed by atoms with Crippen molar-refractivity contribution in [3.63, 3.8) is 0 Å². The number of aromatic nitrogens is 1. The van der Waals surface area contributed by atoms with Crippen molar-refractivity contribution in [1.29, 1.82) is 0 Å². The molecule has 2 aromatic rings. The summed E-state index contributed by atoms with van der Waals surface area (Å²) in [5, 5.41) is 11.8. The maximum atomic E-state index is 12.6. The molecule has 146 valence electrons. The van der Waals surface area contributed by atoms with E-state index in [-0.39, 0.29) is 23.6 Å². The van der Waals surface area contributed by atoms with Gasteiger partial charge >= 0.3 is 5.97 Å². The van der Waals surface area contributed by atoms with Crippen LogP contribution in [-0.2, 0) is 4.79 Å². The molecule has 1 aromatic heterocycles. The zero-order valence-electron chi connectivity index (χ0n) is 15.4. The van der Waals surface area contributed by atoms with Crippen LogP contribution in [0.15, 0.2) is 42.6 Å². The van der Waals surface area contributed by atoms with Gasteiger partial charge in [-0.25, -0.2) is 4.98 Å². The fourth-order valence-electron chi connectivity index (χ4n) is 3.13. The standard InChI is InChI=1S/C20H21N3O5/c1-28-18-16(3-2-10-21-18)17(24)22-15-6-4-13(5-7-15)19(25)23-11-8-14(9-12-23)20(26)27/h2-7,10,14H,8-9,11-12H2,1H3,(H,22,24)(H,26,27). The number of anilines is 1. The first-order valence-corrected chi connectivity index (χ1v) is 8.92. The predicted octanol–water partition coefficient (Wildman–Crippen LogP) is 2.28. The number of ether oxygens (including phenoxy) is 1. The minimum absolute atomic E-state index is 0.143. The number of hydrogen-bond donors (Lipinski definition) is 2. The van der Waals surface area contributed by atoms with Crippen molar-refractivity contribution in [3.8, 4) is 5.88 Å². The number of methoxy groups -OCH3 is 1. The number of carboxylic acid groups (broad SMARTS) is 1. The summed E-state index contributed by atoms with van der Waals surface area (Å²) in [6.07, 6.45) is 2.46. The lowest BCUT2D eigenvalue weighted by molar-refractivity contribution is -0.143. The molecule has 2 amide bonds. The van der Waals surface area contributed by atoms with E-state index in [0.29, 0.717) is 42.7 Å². The number of pyridine rings is 1. The lowest BCUT2D eigenvalue weighted by atomic mass is 9.96. The highest BCUT2D eigenvalue weighted by Crippen LogP contribution is 2.21. The second kappa shape index (κ2) is 8.51. The van der Waals surface area contributed by atoms with E-state index >= 15 is 0 Å². The number of carboxylic acids is 1. The molecular weight excluding hydrogens is 362 g/mol. The Morgan fingerprint density at radius 1 is 1.14 bits per heavy atom. The highest BCUT2D eigenvalue weighted by molar-refractivity contribution is 6.06. The first-order chi connectivity index (χ1) is 13.5. The number of nitrogens with zero attached hydrogens (tertiary/aromatic N) is 2. The minimum Gasteiger partial charge on any atom is -0.481 e. The van der Waals surface area contributed by atoms with E-state index in [4.69, 9.17) is 9.84 Å². The molecule has 1 aliphatic heterocycles. The molecule has 8 heteroatoms. The summed E-state index contributed by atoms with van der Waals surface area (Å²) in [5.74, 6) is -1.46. The second-order valence-corrected chi connectivity index (χ2v) is 6.50. The molecular formula is C20H21N3O5. The molecule has 1 aliphatic rings. The molecule has 0 radical (unpaired) electrons. The van der Waals surface area contributed by atoms with Crippen molar-refractivity contribution in [3.05, 3.63) is 53.7 Å². The maximum absolute atomic E-state index is 12.6. The van der Waals surface area contributed by atoms with Crippen LogP contribution in [-0.4, -0.2) is 53.0 Å². The molecule has 8 nitrogen and oxygen atoms in total. The van der Waals surface area contributed by atoms with Crippen LogP contribution in [0.25, 0.3) is 0 Å². The van der Waals surface area contributed by atoms with Gasteiger partial charge in [-0.2, -0.15) is 0 Å². The van der Waals surface area contributed by atoms with Gasteiger partial charge in [0.25, 0.3) is 11.8 Å². The number of piperidine rings is 1. The van der Waals surface area contributed by atoms with E-state index in [1.165, 1.54) is 13.3 Å². The Labute approximate surface area is 162 Å². The maximum Gasteiger partial charge on any atom is 0.306 e. The zero-order valence-corrected chi connectivity index (χ0v) is 15.4. The molecule has 0 bridgehead atoms. The van der Waals surface area contributed by atoms with Crippen LogP contribution in [0.4, 0.5) is 5.69 Å². The lowest BCUT2D eigenvalue weighted by Crippen LogP contribution is -2.40. The summed E-state index contributed by atoms with van der Waals surface area (Å²) in [4.78, 5) is 41.6. The van der Waals surface area contributed by atoms with E-state index in [2.05, 4.69) is 10.3 Å². The third kappa shape index (κ3) is 4.28. The van der Waals surface area contributed by atoms with Gasteiger partial charge in [-0.3, -0.25) is 14.4 Å². The van der Waals surface area contributed by atoms with Crippen LogP contribution in [0.2, 0.25) is 0 Å². The summed E-state index contributed by atoms with van der Waals surface area (Å²) in [5.41, 5.74) is 1.34. The molecule has 3 rings (SSSR count). The average Bonchev–Trinajstić information content (AvgIpc) is 2.73. The smallest absolute Gasteiger partial charge is 0.306 e. The number of hydrogen-bond acceptors (Lipinski definition) is 5. The van der Waals surface area contributed by atoms with Crippen LogP contribution in [0.1, 0.15) is 33.6 Å². The molecule has 1 fully saturated rings. The van der Waals surface area contributed by atoms with Gasteiger partial charge in [0.2, 0.25) is 5.88 Å². The minimum atomic E-state index is -0.808. The first-order valence-electron chi connectivity index (χ1n) is 8.92. The van der Waals surface area contributed by atoms with Gasteiger partial charge < -0.3 is 20.1 Å². The topological polar surface area (TPSA) is 109 Å². The van der Waals surface area contributed by atoms with Gasteiger partial charge in [0.1, 0.15) is 5.56 Å². The molecule has 0 atom stereocenters. The molecule has 2 N–H and O–H groups in total. The molecule has 0 unspecified atom stereocenters. The number of carbonyl (C=O) groups is 3. The van der Waals surface area contributed by atoms with Crippen LogP contribution in [0, 0.1) is 5.92 Å². The van der Waals surface area contributed by atoms with E-state index in [1.807, 2.05) is 0 Å². The van der Waals surface area contributed by atoms with Crippen molar-refractivity contribution >= 4 is 23.5 Å². The third-order valence-electron chi connectivity index (χ3n) is 4.73. The van der Waals surface area contributed by atoms with Gasteiger partial charge in [0.05, 0.1) is 13.0 Å². The molecule has 0 spiro atoms. The number of benzene rings is 1. The summed E-state index contributed by atoms with van der Waals surface area (Å²) >= 11 is 0. The number of carbonyl (C=O) groups excluding carboxylic acids is 2. The molecule has 1 aromatic carbocycles. The number of nitrogens with one attached hydrogen (secondary N) is 1. The Balaban J connectivity index is 1.63. The van der Waals surface area contributed by atoms with Crippen LogP contribution < -0.4 is 10.1 Å². The Morgan fingerprint density at radius 3 is 2.43 bits per heavy atom. The van der Waals surface area contributed by atoms with Crippen molar-refractivity contribution in [2.75, 3.05) is 25.5 Å². The fraction of sp³-hybridized carbons (Fsp3) is 0.300. The largest absolute Gasteiger partial charge is 0.481 e. The molecule has 2 heterocycles. The molecule has 1 saturated heterocycles. The third-order valence-corrected chi connectivity index (χ3v) is 4.73. The Bertz CT molecular complexity index is 874. The van der Waals surface area contributed by atoms with Crippen molar-refractivity contribution < 1.29 is 24.2 Å². The number of likely N-dealkylation sites (tertiary alicyclic amines) is 1. The van der Waals surface area contributed by atoms with Crippen molar-refractivity contribution in [1.82, 2.24) is 9.88 Å². The molecule has 28 heavy (non-hydrogen) atoms. The van der Waals surface area contributed by atoms with Gasteiger partial charge in [-0.05, 0) is 49.2 Å². The van der Waals surface area contributed by atoms with Crippen molar-refractivity contribution in [2.24, 2.45) is 5.92 Å². The monoisotopic (exact) mass is 383 g/mol. The van der Waals surface area contributed by atoms with E-state index in [9.17, 15) is 14.4 Å². The van der Waals surface area contributed by atoms with Gasteiger partial charge in [0, 0.05) is 30.5 Å². The molecule has 0 aliphatic carbocycles. The lowest BCUT2D eigenvalue weighted by Gasteiger charge is -2.30. The van der Waals surface area contributed by atoms with Crippen LogP contribution in [0.5, 0.6) is 5.88 Å². The number of amides is 2. The second-order valence-electron chi connectivity index (χ2n) is 6.50. The van der Waals surface area contributed by atoms with Gasteiger partial charge in [0.15, 0.2) is 0 Å². The summed E-state index contributed by atoms with van der Waals surface area (Å²) < 4.78 is 5.09. The van der Waals surface area contributed by atoms with E-state index < -0.39 is 5.97 Å². The van der Waals surface area contributed by atoms with Gasteiger partial charge in [-0.1, -0.05) is 0 Å². The summed E-state index contributed by atoms with van der Waals surface area (Å²) in [6.45, 7) is 0.851. The Hall–Kier alpha value is -3.42. The van der Waals surface area contributed by atoms with Crippen LogP contribution in [0.3, 0.4) is 0 Å². The summed E-state index contributed by atoms with van der Waals surface area (Å²) in [7, 11) is 1.44. The van der Waals surface area contributed by atoms with E-state index in [0.717, 1.165) is 0 Å². The Morgan fingerprint density at radius 2 is 1.82 bits per heavy atom. The van der Waals surface area contributed by atoms with Crippen molar-refractivity contribution in [2.45, 2.75) is 12.8 Å². The predicted molar refractivity (Wildman–Crippen MR) is 101 cm³/mol. The summed E-state index contributed by atoms with van der Waals surface area (Å²) in [6, 6.07) is 9.84. The average molecular weight is 383 g/mol. The molecule has 0 saturated carbocycles. The number of aliphatic carboxylic acids is 1. The van der Waals surface area contributed by atoms with Gasteiger partial charge in [-0.15, -0.1) is 0 Å². The highest BCUT2D eigenvalue weighted by Gasteiger charge is 2.27. The zero-order chi connectivity index (χ0) is 20.1.